The van der Waals surface area contributed by atoms with Gasteiger partial charge in [-0.3, -0.25) is 4.99 Å². The molecule has 1 aliphatic rings. The lowest BCUT2D eigenvalue weighted by molar-refractivity contribution is 0.0598. The third-order valence-corrected chi connectivity index (χ3v) is 3.32. The van der Waals surface area contributed by atoms with Crippen LogP contribution >= 0.6 is 0 Å². The van der Waals surface area contributed by atoms with Crippen molar-refractivity contribution in [1.82, 2.24) is 0 Å². The van der Waals surface area contributed by atoms with E-state index in [1.54, 1.807) is 6.07 Å². The quantitative estimate of drug-likeness (QED) is 0.760. The lowest BCUT2D eigenvalue weighted by Crippen LogP contribution is -2.31. The van der Waals surface area contributed by atoms with Crippen LogP contribution < -0.4 is 10.6 Å². The molecule has 1 unspecified atom stereocenters. The summed E-state index contributed by atoms with van der Waals surface area (Å²) in [4.78, 5) is 16.3. The molecule has 1 heterocycles. The molecule has 3 heteroatoms. The van der Waals surface area contributed by atoms with Crippen LogP contribution in [0.3, 0.4) is 0 Å². The first-order valence-electron chi connectivity index (χ1n) is 6.50. The van der Waals surface area contributed by atoms with Crippen LogP contribution in [0.1, 0.15) is 36.5 Å². The maximum Gasteiger partial charge on any atom is 0.340 e. The van der Waals surface area contributed by atoms with Crippen molar-refractivity contribution in [3.63, 3.8) is 0 Å². The van der Waals surface area contributed by atoms with E-state index in [0.717, 1.165) is 23.5 Å². The topological polar surface area (TPSA) is 38.7 Å². The minimum atomic E-state index is -0.307. The highest BCUT2D eigenvalue weighted by atomic mass is 16.5. The fourth-order valence-electron chi connectivity index (χ4n) is 2.42. The van der Waals surface area contributed by atoms with Crippen molar-refractivity contribution < 1.29 is 9.53 Å². The summed E-state index contributed by atoms with van der Waals surface area (Å²) in [5, 5.41) is 1.86. The smallest absolute Gasteiger partial charge is 0.340 e. The van der Waals surface area contributed by atoms with Gasteiger partial charge in [0.2, 0.25) is 0 Å². The summed E-state index contributed by atoms with van der Waals surface area (Å²) in [6.07, 6.45) is 5.66. The third-order valence-electron chi connectivity index (χ3n) is 3.32. The first kappa shape index (κ1) is 12.8. The Balaban J connectivity index is 2.53. The Morgan fingerprint density at radius 3 is 3.06 bits per heavy atom. The van der Waals surface area contributed by atoms with Gasteiger partial charge in [0.25, 0.3) is 0 Å². The summed E-state index contributed by atoms with van der Waals surface area (Å²) in [5.41, 5.74) is 0.573. The number of methoxy groups -OCH3 is 1. The van der Waals surface area contributed by atoms with Crippen LogP contribution in [0.15, 0.2) is 23.2 Å². The minimum absolute atomic E-state index is 0.307. The normalized spacial score (nSPS) is 18.0. The number of ether oxygens (including phenoxy) is 1. The number of para-hydroxylation sites is 1. The van der Waals surface area contributed by atoms with Crippen LogP contribution in [-0.4, -0.2) is 19.6 Å². The molecule has 96 valence electrons. The van der Waals surface area contributed by atoms with Crippen molar-refractivity contribution >= 4 is 12.0 Å². The Labute approximate surface area is 107 Å². The summed E-state index contributed by atoms with van der Waals surface area (Å²) < 4.78 is 4.80. The van der Waals surface area contributed by atoms with Gasteiger partial charge in [-0.2, -0.15) is 0 Å². The van der Waals surface area contributed by atoms with Gasteiger partial charge in [-0.25, -0.2) is 4.79 Å². The summed E-state index contributed by atoms with van der Waals surface area (Å²) in [6.45, 7) is 2.98. The van der Waals surface area contributed by atoms with Gasteiger partial charge in [-0.1, -0.05) is 31.6 Å². The van der Waals surface area contributed by atoms with E-state index in [1.165, 1.54) is 20.0 Å². The molecule has 18 heavy (non-hydrogen) atoms. The average Bonchev–Trinajstić information content (AvgIpc) is 2.59. The minimum Gasteiger partial charge on any atom is -0.465 e. The Morgan fingerprint density at radius 2 is 2.33 bits per heavy atom. The molecule has 2 rings (SSSR count). The molecule has 0 aliphatic carbocycles. The Bertz CT molecular complexity index is 548. The van der Waals surface area contributed by atoms with Crippen molar-refractivity contribution in [2.45, 2.75) is 26.2 Å². The number of rotatable bonds is 3. The molecule has 0 spiro atoms. The predicted octanol–water partition coefficient (Wildman–Crippen LogP) is 1.69. The lowest BCUT2D eigenvalue weighted by Gasteiger charge is -2.07. The van der Waals surface area contributed by atoms with E-state index < -0.39 is 0 Å². The van der Waals surface area contributed by atoms with Gasteiger partial charge in [0, 0.05) is 6.54 Å². The van der Waals surface area contributed by atoms with Gasteiger partial charge in [0.05, 0.1) is 18.0 Å². The maximum absolute atomic E-state index is 11.7. The van der Waals surface area contributed by atoms with E-state index >= 15 is 0 Å². The number of hydrogen-bond donors (Lipinski definition) is 0. The molecule has 1 aromatic rings. The van der Waals surface area contributed by atoms with Crippen LogP contribution in [0, 0.1) is 5.92 Å². The second-order valence-corrected chi connectivity index (χ2v) is 4.62. The van der Waals surface area contributed by atoms with E-state index in [4.69, 9.17) is 4.74 Å². The number of carbonyl (C=O) groups is 1. The summed E-state index contributed by atoms with van der Waals surface area (Å²) in [5.74, 6) is 0.255. The summed E-state index contributed by atoms with van der Waals surface area (Å²) >= 11 is 0. The molecular formula is C15H19NO2. The second-order valence-electron chi connectivity index (χ2n) is 4.62. The molecule has 0 saturated heterocycles. The molecule has 1 aromatic carbocycles. The van der Waals surface area contributed by atoms with Crippen molar-refractivity contribution in [3.05, 3.63) is 34.3 Å². The first-order chi connectivity index (χ1) is 8.76. The van der Waals surface area contributed by atoms with Crippen LogP contribution in [-0.2, 0) is 4.74 Å². The highest BCUT2D eigenvalue weighted by Crippen LogP contribution is 2.13. The van der Waals surface area contributed by atoms with Gasteiger partial charge in [-0.05, 0) is 30.0 Å². The Kier molecular flexibility index (Phi) is 4.13. The number of nitrogens with zero attached hydrogens (tertiary/aromatic N) is 1. The molecule has 0 aromatic heterocycles. The third kappa shape index (κ3) is 2.61. The van der Waals surface area contributed by atoms with E-state index in [2.05, 4.69) is 18.0 Å². The lowest BCUT2D eigenvalue weighted by atomic mass is 9.98. The highest BCUT2D eigenvalue weighted by molar-refractivity contribution is 5.89. The van der Waals surface area contributed by atoms with E-state index in [1.807, 2.05) is 12.1 Å². The molecular weight excluding hydrogens is 226 g/mol. The first-order valence-corrected chi connectivity index (χ1v) is 6.50. The molecule has 0 saturated carbocycles. The molecule has 3 nitrogen and oxygen atoms in total. The van der Waals surface area contributed by atoms with Crippen LogP contribution in [0.4, 0.5) is 0 Å². The molecule has 0 bridgehead atoms. The van der Waals surface area contributed by atoms with E-state index in [0.29, 0.717) is 11.5 Å². The molecule has 1 aliphatic heterocycles. The number of hydrogen-bond acceptors (Lipinski definition) is 3. The fraction of sp³-hybridized carbons (Fsp3) is 0.467. The van der Waals surface area contributed by atoms with Crippen molar-refractivity contribution in [2.24, 2.45) is 10.9 Å². The van der Waals surface area contributed by atoms with Gasteiger partial charge < -0.3 is 4.74 Å². The van der Waals surface area contributed by atoms with Crippen molar-refractivity contribution in [3.8, 4) is 0 Å². The largest absolute Gasteiger partial charge is 0.465 e. The maximum atomic E-state index is 11.7. The molecule has 0 amide bonds. The van der Waals surface area contributed by atoms with Gasteiger partial charge in [0.15, 0.2) is 0 Å². The predicted molar refractivity (Wildman–Crippen MR) is 70.9 cm³/mol. The average molecular weight is 245 g/mol. The molecule has 0 fully saturated rings. The van der Waals surface area contributed by atoms with E-state index in [9.17, 15) is 4.79 Å². The van der Waals surface area contributed by atoms with Crippen LogP contribution in [0.25, 0.3) is 6.08 Å². The zero-order valence-electron chi connectivity index (χ0n) is 11.0. The zero-order chi connectivity index (χ0) is 13.0. The van der Waals surface area contributed by atoms with Crippen molar-refractivity contribution in [1.29, 1.82) is 0 Å². The second kappa shape index (κ2) is 5.80. The number of esters is 1. The Morgan fingerprint density at radius 1 is 1.50 bits per heavy atom. The zero-order valence-corrected chi connectivity index (χ0v) is 11.0. The van der Waals surface area contributed by atoms with Gasteiger partial charge in [-0.15, -0.1) is 0 Å². The van der Waals surface area contributed by atoms with Crippen LogP contribution in [0.5, 0.6) is 0 Å². The number of fused-ring (bicyclic) bond motifs is 1. The molecule has 0 N–H and O–H groups in total. The molecule has 0 radical (unpaired) electrons. The summed E-state index contributed by atoms with van der Waals surface area (Å²) in [6, 6.07) is 5.70. The van der Waals surface area contributed by atoms with Crippen LogP contribution in [0.2, 0.25) is 0 Å². The van der Waals surface area contributed by atoms with E-state index in [-0.39, 0.29) is 5.97 Å². The van der Waals surface area contributed by atoms with Crippen molar-refractivity contribution in [2.75, 3.05) is 13.7 Å². The highest BCUT2D eigenvalue weighted by Gasteiger charge is 2.12. The summed E-state index contributed by atoms with van der Waals surface area (Å²) in [7, 11) is 1.40. The monoisotopic (exact) mass is 245 g/mol. The van der Waals surface area contributed by atoms with Gasteiger partial charge in [0.1, 0.15) is 0 Å². The SMILES string of the molecule is CCCC1C=c2cccc(C(=O)OC)c2=NCC1. The van der Waals surface area contributed by atoms with Gasteiger partial charge >= 0.3 is 5.97 Å². The number of carbonyl (C=O) groups excluding carboxylic acids is 1. The number of benzene rings is 1. The standard InChI is InChI=1S/C15H19NO2/c1-3-5-11-8-9-16-14-12(10-11)6-4-7-13(14)15(17)18-2/h4,6-7,10-11H,3,5,8-9H2,1-2H3. The Hall–Kier alpha value is -1.64. The molecule has 1 atom stereocenters. The fourth-order valence-corrected chi connectivity index (χ4v) is 2.42.